The number of nitrogens with zero attached hydrogens (tertiary/aromatic N) is 2. The lowest BCUT2D eigenvalue weighted by Crippen LogP contribution is -2.53. The van der Waals surface area contributed by atoms with E-state index in [0.29, 0.717) is 6.42 Å². The summed E-state index contributed by atoms with van der Waals surface area (Å²) in [5.74, 6) is -0.832. The number of carbonyl (C=O) groups is 2. The zero-order valence-corrected chi connectivity index (χ0v) is 24.5. The zero-order valence-electron chi connectivity index (χ0n) is 22.2. The molecule has 0 saturated carbocycles. The molecule has 0 radical (unpaired) electrons. The number of nitrogens with one attached hydrogen (secondary N) is 1. The van der Waals surface area contributed by atoms with Gasteiger partial charge in [-0.05, 0) is 62.6 Å². The van der Waals surface area contributed by atoms with E-state index >= 15 is 0 Å². The summed E-state index contributed by atoms with van der Waals surface area (Å²) in [5.41, 5.74) is 1.17. The minimum absolute atomic E-state index is 0.0160. The van der Waals surface area contributed by atoms with Crippen LogP contribution in [0.4, 0.5) is 5.69 Å². The number of halogens is 2. The highest BCUT2D eigenvalue weighted by molar-refractivity contribution is 7.92. The maximum absolute atomic E-state index is 13.9. The van der Waals surface area contributed by atoms with Crippen molar-refractivity contribution < 1.29 is 18.0 Å². The molecule has 0 aliphatic carbocycles. The molecule has 0 aliphatic rings. The first-order valence-electron chi connectivity index (χ1n) is 12.7. The van der Waals surface area contributed by atoms with E-state index in [1.165, 1.54) is 35.2 Å². The van der Waals surface area contributed by atoms with Gasteiger partial charge in [-0.1, -0.05) is 78.7 Å². The van der Waals surface area contributed by atoms with Crippen molar-refractivity contribution >= 4 is 50.7 Å². The van der Waals surface area contributed by atoms with E-state index in [-0.39, 0.29) is 39.1 Å². The normalized spacial score (nSPS) is 12.8. The second-order valence-electron chi connectivity index (χ2n) is 9.24. The van der Waals surface area contributed by atoms with Gasteiger partial charge in [0.1, 0.15) is 12.6 Å². The SMILES string of the molecule is CC[C@@H](C)NC(=O)[C@@H](C)N(CCc1ccccc1)C(=O)CN(c1ccc(Cl)c(Cl)c1)S(=O)(=O)c1ccccc1. The van der Waals surface area contributed by atoms with Crippen molar-refractivity contribution in [1.29, 1.82) is 0 Å². The van der Waals surface area contributed by atoms with Crippen molar-refractivity contribution in [2.24, 2.45) is 0 Å². The highest BCUT2D eigenvalue weighted by Gasteiger charge is 2.32. The van der Waals surface area contributed by atoms with Crippen LogP contribution in [-0.2, 0) is 26.0 Å². The van der Waals surface area contributed by atoms with Gasteiger partial charge in [0.05, 0.1) is 20.6 Å². The van der Waals surface area contributed by atoms with Gasteiger partial charge < -0.3 is 10.2 Å². The Kier molecular flexibility index (Phi) is 10.8. The van der Waals surface area contributed by atoms with E-state index in [1.54, 1.807) is 25.1 Å². The summed E-state index contributed by atoms with van der Waals surface area (Å²) in [5, 5.41) is 3.32. The van der Waals surface area contributed by atoms with Gasteiger partial charge >= 0.3 is 0 Å². The summed E-state index contributed by atoms with van der Waals surface area (Å²) in [7, 11) is -4.16. The molecule has 3 aromatic carbocycles. The largest absolute Gasteiger partial charge is 0.352 e. The van der Waals surface area contributed by atoms with E-state index in [4.69, 9.17) is 23.2 Å². The zero-order chi connectivity index (χ0) is 28.6. The second-order valence-corrected chi connectivity index (χ2v) is 11.9. The monoisotopic (exact) mass is 589 g/mol. The number of sulfonamides is 1. The van der Waals surface area contributed by atoms with E-state index in [1.807, 2.05) is 44.2 Å². The summed E-state index contributed by atoms with van der Waals surface area (Å²) in [6.45, 7) is 5.18. The summed E-state index contributed by atoms with van der Waals surface area (Å²) >= 11 is 12.3. The molecule has 2 atom stereocenters. The lowest BCUT2D eigenvalue weighted by Gasteiger charge is -2.32. The average molecular weight is 591 g/mol. The molecule has 0 aromatic heterocycles. The molecule has 7 nitrogen and oxygen atoms in total. The molecule has 0 saturated heterocycles. The van der Waals surface area contributed by atoms with Gasteiger partial charge in [-0.3, -0.25) is 13.9 Å². The number of amides is 2. The number of rotatable bonds is 12. The number of hydrogen-bond donors (Lipinski definition) is 1. The average Bonchev–Trinajstić information content (AvgIpc) is 2.94. The predicted molar refractivity (Wildman–Crippen MR) is 157 cm³/mol. The minimum atomic E-state index is -4.16. The van der Waals surface area contributed by atoms with Crippen molar-refractivity contribution in [2.75, 3.05) is 17.4 Å². The standard InChI is InChI=1S/C29H33Cl2N3O4S/c1-4-21(2)32-29(36)22(3)33(18-17-23-11-7-5-8-12-23)28(35)20-34(24-15-16-26(30)27(31)19-24)39(37,38)25-13-9-6-10-14-25/h5-16,19,21-22H,4,17-18,20H2,1-3H3,(H,32,36)/t21-,22-/m1/s1. The van der Waals surface area contributed by atoms with E-state index in [0.717, 1.165) is 16.3 Å². The molecule has 0 spiro atoms. The van der Waals surface area contributed by atoms with Crippen molar-refractivity contribution in [1.82, 2.24) is 10.2 Å². The Morgan fingerprint density at radius 3 is 2.10 bits per heavy atom. The molecule has 0 aliphatic heterocycles. The van der Waals surface area contributed by atoms with Crippen LogP contribution < -0.4 is 9.62 Å². The van der Waals surface area contributed by atoms with Gasteiger partial charge in [0.15, 0.2) is 0 Å². The molecule has 0 bridgehead atoms. The first-order valence-corrected chi connectivity index (χ1v) is 14.9. The first kappa shape index (κ1) is 30.5. The number of benzene rings is 3. The van der Waals surface area contributed by atoms with Gasteiger partial charge in [-0.15, -0.1) is 0 Å². The summed E-state index contributed by atoms with van der Waals surface area (Å²) < 4.78 is 28.5. The van der Waals surface area contributed by atoms with Crippen LogP contribution in [-0.4, -0.2) is 50.3 Å². The molecular formula is C29H33Cl2N3O4S. The van der Waals surface area contributed by atoms with Crippen molar-refractivity contribution in [2.45, 2.75) is 50.6 Å². The highest BCUT2D eigenvalue weighted by atomic mass is 35.5. The van der Waals surface area contributed by atoms with E-state index in [2.05, 4.69) is 5.32 Å². The lowest BCUT2D eigenvalue weighted by atomic mass is 10.1. The molecule has 0 heterocycles. The Bertz CT molecular complexity index is 1370. The number of anilines is 1. The molecule has 2 amide bonds. The van der Waals surface area contributed by atoms with Gasteiger partial charge in [-0.25, -0.2) is 8.42 Å². The Morgan fingerprint density at radius 1 is 0.897 bits per heavy atom. The molecule has 0 unspecified atom stereocenters. The fraction of sp³-hybridized carbons (Fsp3) is 0.310. The first-order chi connectivity index (χ1) is 18.5. The van der Waals surface area contributed by atoms with Crippen LogP contribution in [0.25, 0.3) is 0 Å². The van der Waals surface area contributed by atoms with Crippen LogP contribution in [0, 0.1) is 0 Å². The van der Waals surface area contributed by atoms with Gasteiger partial charge in [-0.2, -0.15) is 0 Å². The summed E-state index contributed by atoms with van der Waals surface area (Å²) in [6.07, 6.45) is 1.22. The van der Waals surface area contributed by atoms with Gasteiger partial charge in [0.25, 0.3) is 10.0 Å². The quantitative estimate of drug-likeness (QED) is 0.299. The van der Waals surface area contributed by atoms with E-state index in [9.17, 15) is 18.0 Å². The summed E-state index contributed by atoms with van der Waals surface area (Å²) in [6, 6.07) is 20.9. The van der Waals surface area contributed by atoms with Gasteiger partial charge in [0.2, 0.25) is 11.8 Å². The lowest BCUT2D eigenvalue weighted by molar-refractivity contribution is -0.139. The Morgan fingerprint density at radius 2 is 1.51 bits per heavy atom. The maximum Gasteiger partial charge on any atom is 0.264 e. The highest BCUT2D eigenvalue weighted by Crippen LogP contribution is 2.30. The minimum Gasteiger partial charge on any atom is -0.352 e. The molecule has 10 heteroatoms. The maximum atomic E-state index is 13.9. The molecular weight excluding hydrogens is 557 g/mol. The molecule has 0 fully saturated rings. The second kappa shape index (κ2) is 13.8. The summed E-state index contributed by atoms with van der Waals surface area (Å²) in [4.78, 5) is 28.4. The third kappa shape index (κ3) is 7.97. The van der Waals surface area contributed by atoms with Crippen molar-refractivity contribution in [3.63, 3.8) is 0 Å². The van der Waals surface area contributed by atoms with Crippen LogP contribution >= 0.6 is 23.2 Å². The van der Waals surface area contributed by atoms with Crippen molar-refractivity contribution in [3.05, 3.63) is 94.5 Å². The molecule has 3 aromatic rings. The van der Waals surface area contributed by atoms with Crippen LogP contribution in [0.2, 0.25) is 10.0 Å². The molecule has 208 valence electrons. The van der Waals surface area contributed by atoms with Crippen LogP contribution in [0.1, 0.15) is 32.8 Å². The van der Waals surface area contributed by atoms with Crippen molar-refractivity contribution in [3.8, 4) is 0 Å². The topological polar surface area (TPSA) is 86.8 Å². The van der Waals surface area contributed by atoms with Crippen LogP contribution in [0.3, 0.4) is 0 Å². The number of carbonyl (C=O) groups excluding carboxylic acids is 2. The Hall–Kier alpha value is -3.07. The van der Waals surface area contributed by atoms with Crippen LogP contribution in [0.15, 0.2) is 83.8 Å². The predicted octanol–water partition coefficient (Wildman–Crippen LogP) is 5.56. The van der Waals surface area contributed by atoms with Crippen LogP contribution in [0.5, 0.6) is 0 Å². The molecule has 1 N–H and O–H groups in total. The number of hydrogen-bond acceptors (Lipinski definition) is 4. The Labute approximate surface area is 240 Å². The molecule has 3 rings (SSSR count). The Balaban J connectivity index is 1.98. The smallest absolute Gasteiger partial charge is 0.264 e. The third-order valence-corrected chi connectivity index (χ3v) is 8.98. The van der Waals surface area contributed by atoms with E-state index < -0.39 is 28.5 Å². The fourth-order valence-corrected chi connectivity index (χ4v) is 5.64. The fourth-order valence-electron chi connectivity index (χ4n) is 3.92. The molecule has 39 heavy (non-hydrogen) atoms. The van der Waals surface area contributed by atoms with Gasteiger partial charge in [0, 0.05) is 12.6 Å². The third-order valence-electron chi connectivity index (χ3n) is 6.45.